The van der Waals surface area contributed by atoms with Crippen LogP contribution in [-0.2, 0) is 17.8 Å². The number of carbonyl (C=O) groups is 1. The molecule has 22 heavy (non-hydrogen) atoms. The van der Waals surface area contributed by atoms with E-state index in [2.05, 4.69) is 0 Å². The molecule has 0 spiro atoms. The minimum absolute atomic E-state index is 0.216. The van der Waals surface area contributed by atoms with Crippen molar-refractivity contribution >= 4 is 24.4 Å². The van der Waals surface area contributed by atoms with Gasteiger partial charge < -0.3 is 14.8 Å². The fraction of sp³-hybridized carbons (Fsp3) is 0.188. The molecule has 112 valence electrons. The van der Waals surface area contributed by atoms with Gasteiger partial charge in [0.1, 0.15) is 6.61 Å². The predicted molar refractivity (Wildman–Crippen MR) is 83.9 cm³/mol. The molecule has 6 heteroatoms. The first-order valence-corrected chi connectivity index (χ1v) is 7.13. The second-order valence-electron chi connectivity index (χ2n) is 5.16. The molecule has 2 aromatic rings. The molecule has 2 N–H and O–H groups in total. The van der Waals surface area contributed by atoms with Gasteiger partial charge in [-0.05, 0) is 29.1 Å². The van der Waals surface area contributed by atoms with E-state index < -0.39 is 13.2 Å². The van der Waals surface area contributed by atoms with Gasteiger partial charge in [0, 0.05) is 12.2 Å². The zero-order chi connectivity index (χ0) is 15.5. The number of amides is 1. The molecule has 1 heterocycles. The summed E-state index contributed by atoms with van der Waals surface area (Å²) in [6.07, 6.45) is 0.163. The summed E-state index contributed by atoms with van der Waals surface area (Å²) < 4.78 is 5.33. The lowest BCUT2D eigenvalue weighted by atomic mass is 9.76. The Bertz CT molecular complexity index is 675. The minimum Gasteiger partial charge on any atom is -0.444 e. The van der Waals surface area contributed by atoms with Crippen molar-refractivity contribution in [2.24, 2.45) is 0 Å². The monoisotopic (exact) mass is 297 g/mol. The highest BCUT2D eigenvalue weighted by Crippen LogP contribution is 2.27. The van der Waals surface area contributed by atoms with Crippen molar-refractivity contribution in [2.75, 3.05) is 11.4 Å². The Hall–Kier alpha value is -2.31. The van der Waals surface area contributed by atoms with Crippen molar-refractivity contribution in [3.8, 4) is 0 Å². The fourth-order valence-electron chi connectivity index (χ4n) is 2.69. The highest BCUT2D eigenvalue weighted by Gasteiger charge is 2.30. The van der Waals surface area contributed by atoms with Gasteiger partial charge in [-0.2, -0.15) is 0 Å². The van der Waals surface area contributed by atoms with Crippen LogP contribution in [0, 0.1) is 0 Å². The van der Waals surface area contributed by atoms with Crippen LogP contribution in [0.3, 0.4) is 0 Å². The molecule has 0 bridgehead atoms. The van der Waals surface area contributed by atoms with Crippen LogP contribution >= 0.6 is 0 Å². The van der Waals surface area contributed by atoms with Crippen molar-refractivity contribution < 1.29 is 19.6 Å². The van der Waals surface area contributed by atoms with E-state index in [9.17, 15) is 14.8 Å². The van der Waals surface area contributed by atoms with Crippen LogP contribution in [0.25, 0.3) is 0 Å². The van der Waals surface area contributed by atoms with Crippen molar-refractivity contribution in [1.29, 1.82) is 0 Å². The SMILES string of the molecule is O=C(OCc1ccccc1)N1CCc2c(B(O)O)cccc21. The van der Waals surface area contributed by atoms with Crippen LogP contribution in [0.2, 0.25) is 0 Å². The second-order valence-corrected chi connectivity index (χ2v) is 5.16. The summed E-state index contributed by atoms with van der Waals surface area (Å²) >= 11 is 0. The number of ether oxygens (including phenoxy) is 1. The molecule has 0 saturated carbocycles. The summed E-state index contributed by atoms with van der Waals surface area (Å²) in [5, 5.41) is 18.8. The highest BCUT2D eigenvalue weighted by atomic mass is 16.6. The molecular formula is C16H16BNO4. The van der Waals surface area contributed by atoms with Crippen molar-refractivity contribution in [1.82, 2.24) is 0 Å². The molecule has 0 saturated heterocycles. The van der Waals surface area contributed by atoms with Crippen molar-refractivity contribution in [3.05, 3.63) is 59.7 Å². The van der Waals surface area contributed by atoms with Gasteiger partial charge in [0.05, 0.1) is 0 Å². The third kappa shape index (κ3) is 2.84. The van der Waals surface area contributed by atoms with Gasteiger partial charge in [-0.3, -0.25) is 4.90 Å². The van der Waals surface area contributed by atoms with Gasteiger partial charge in [-0.1, -0.05) is 42.5 Å². The first-order valence-electron chi connectivity index (χ1n) is 7.13. The third-order valence-electron chi connectivity index (χ3n) is 3.77. The van der Waals surface area contributed by atoms with E-state index in [1.54, 1.807) is 18.2 Å². The lowest BCUT2D eigenvalue weighted by molar-refractivity contribution is 0.147. The molecular weight excluding hydrogens is 281 g/mol. The molecule has 1 aliphatic rings. The van der Waals surface area contributed by atoms with Crippen LogP contribution in [-0.4, -0.2) is 29.8 Å². The molecule has 0 atom stereocenters. The van der Waals surface area contributed by atoms with Crippen molar-refractivity contribution in [3.63, 3.8) is 0 Å². The Morgan fingerprint density at radius 2 is 1.91 bits per heavy atom. The number of hydrogen-bond donors (Lipinski definition) is 2. The average Bonchev–Trinajstić information content (AvgIpc) is 2.97. The Morgan fingerprint density at radius 1 is 1.14 bits per heavy atom. The summed E-state index contributed by atoms with van der Waals surface area (Å²) in [7, 11) is -1.53. The fourth-order valence-corrected chi connectivity index (χ4v) is 2.69. The predicted octanol–water partition coefficient (Wildman–Crippen LogP) is 1.07. The van der Waals surface area contributed by atoms with Crippen LogP contribution in [0.4, 0.5) is 10.5 Å². The van der Waals surface area contributed by atoms with E-state index >= 15 is 0 Å². The molecule has 0 unspecified atom stereocenters. The molecule has 0 aliphatic carbocycles. The molecule has 3 rings (SSSR count). The van der Waals surface area contributed by atoms with Gasteiger partial charge in [0.25, 0.3) is 0 Å². The standard InChI is InChI=1S/C16H16BNO4/c19-16(22-11-12-5-2-1-3-6-12)18-10-9-13-14(17(20)21)7-4-8-15(13)18/h1-8,20-21H,9-11H2. The topological polar surface area (TPSA) is 70.0 Å². The summed E-state index contributed by atoms with van der Waals surface area (Å²) in [5.74, 6) is 0. The Kier molecular flexibility index (Phi) is 4.13. The normalized spacial score (nSPS) is 12.9. The maximum Gasteiger partial charge on any atom is 0.488 e. The quantitative estimate of drug-likeness (QED) is 0.831. The van der Waals surface area contributed by atoms with Gasteiger partial charge >= 0.3 is 13.2 Å². The third-order valence-corrected chi connectivity index (χ3v) is 3.77. The number of anilines is 1. The summed E-state index contributed by atoms with van der Waals surface area (Å²) in [4.78, 5) is 13.8. The summed E-state index contributed by atoms with van der Waals surface area (Å²) in [6.45, 7) is 0.695. The van der Waals surface area contributed by atoms with Crippen LogP contribution < -0.4 is 10.4 Å². The van der Waals surface area contributed by atoms with Crippen LogP contribution in [0.15, 0.2) is 48.5 Å². The summed E-state index contributed by atoms with van der Waals surface area (Å²) in [5.41, 5.74) is 2.84. The second kappa shape index (κ2) is 6.21. The lowest BCUT2D eigenvalue weighted by Gasteiger charge is -2.17. The number of nitrogens with zero attached hydrogens (tertiary/aromatic N) is 1. The highest BCUT2D eigenvalue weighted by molar-refractivity contribution is 6.59. The van der Waals surface area contributed by atoms with E-state index in [0.717, 1.165) is 11.1 Å². The summed E-state index contributed by atoms with van der Waals surface area (Å²) in [6, 6.07) is 14.6. The first-order chi connectivity index (χ1) is 10.7. The van der Waals surface area contributed by atoms with Crippen molar-refractivity contribution in [2.45, 2.75) is 13.0 Å². The number of hydrogen-bond acceptors (Lipinski definition) is 4. The molecule has 5 nitrogen and oxygen atoms in total. The number of fused-ring (bicyclic) bond motifs is 1. The smallest absolute Gasteiger partial charge is 0.444 e. The number of carbonyl (C=O) groups excluding carboxylic acids is 1. The van der Waals surface area contributed by atoms with E-state index in [1.807, 2.05) is 30.3 Å². The zero-order valence-corrected chi connectivity index (χ0v) is 12.0. The largest absolute Gasteiger partial charge is 0.488 e. The maximum atomic E-state index is 12.2. The number of benzene rings is 2. The minimum atomic E-state index is -1.53. The molecule has 0 aromatic heterocycles. The van der Waals surface area contributed by atoms with Crippen LogP contribution in [0.1, 0.15) is 11.1 Å². The Morgan fingerprint density at radius 3 is 2.64 bits per heavy atom. The molecule has 1 aliphatic heterocycles. The molecule has 0 fully saturated rings. The lowest BCUT2D eigenvalue weighted by Crippen LogP contribution is -2.33. The van der Waals surface area contributed by atoms with Gasteiger partial charge in [0.2, 0.25) is 0 Å². The van der Waals surface area contributed by atoms with Gasteiger partial charge in [0.15, 0.2) is 0 Å². The number of rotatable bonds is 3. The first kappa shape index (κ1) is 14.6. The van der Waals surface area contributed by atoms with Gasteiger partial charge in [-0.15, -0.1) is 0 Å². The molecule has 0 radical (unpaired) electrons. The van der Waals surface area contributed by atoms with E-state index in [-0.39, 0.29) is 6.61 Å². The molecule has 2 aromatic carbocycles. The molecule has 1 amide bonds. The van der Waals surface area contributed by atoms with Crippen LogP contribution in [0.5, 0.6) is 0 Å². The van der Waals surface area contributed by atoms with E-state index in [4.69, 9.17) is 4.74 Å². The average molecular weight is 297 g/mol. The zero-order valence-electron chi connectivity index (χ0n) is 12.0. The Labute approximate surface area is 128 Å². The Balaban J connectivity index is 1.73. The van der Waals surface area contributed by atoms with E-state index in [1.165, 1.54) is 4.90 Å². The maximum absolute atomic E-state index is 12.2. The van der Waals surface area contributed by atoms with Gasteiger partial charge in [-0.25, -0.2) is 4.79 Å². The van der Waals surface area contributed by atoms with E-state index in [0.29, 0.717) is 24.1 Å².